The van der Waals surface area contributed by atoms with Crippen LogP contribution in [0.1, 0.15) is 56.7 Å². The van der Waals surface area contributed by atoms with Crippen molar-refractivity contribution in [2.24, 2.45) is 0 Å². The SMILES string of the molecule is CC(=O)OC1COC(n2cc(COc3ccc4c(c3)CCCC4)nn2)C(OC(C)=O)C1OC(C)=O. The Bertz CT molecular complexity index is 1080. The van der Waals surface area contributed by atoms with Crippen LogP contribution in [0.15, 0.2) is 24.4 Å². The molecule has 4 atom stereocenters. The largest absolute Gasteiger partial charge is 0.487 e. The van der Waals surface area contributed by atoms with Crippen LogP contribution in [0.25, 0.3) is 0 Å². The molecule has 4 rings (SSSR count). The van der Waals surface area contributed by atoms with E-state index in [1.807, 2.05) is 6.07 Å². The molecule has 1 saturated heterocycles. The number of nitrogens with zero attached hydrogens (tertiary/aromatic N) is 3. The lowest BCUT2D eigenvalue weighted by molar-refractivity contribution is -0.241. The zero-order valence-corrected chi connectivity index (χ0v) is 20.0. The van der Waals surface area contributed by atoms with Crippen LogP contribution in [0.3, 0.4) is 0 Å². The van der Waals surface area contributed by atoms with Crippen LogP contribution < -0.4 is 4.74 Å². The minimum atomic E-state index is -1.12. The summed E-state index contributed by atoms with van der Waals surface area (Å²) in [5.41, 5.74) is 3.21. The summed E-state index contributed by atoms with van der Waals surface area (Å²) in [6, 6.07) is 6.13. The summed E-state index contributed by atoms with van der Waals surface area (Å²) in [5, 5.41) is 8.24. The smallest absolute Gasteiger partial charge is 0.303 e. The Hall–Kier alpha value is -3.47. The van der Waals surface area contributed by atoms with Crippen molar-refractivity contribution in [3.8, 4) is 5.75 Å². The van der Waals surface area contributed by atoms with Gasteiger partial charge in [-0.2, -0.15) is 0 Å². The highest BCUT2D eigenvalue weighted by molar-refractivity contribution is 5.68. The molecule has 35 heavy (non-hydrogen) atoms. The van der Waals surface area contributed by atoms with Crippen molar-refractivity contribution in [1.29, 1.82) is 0 Å². The normalized spacial score (nSPS) is 23.6. The zero-order valence-electron chi connectivity index (χ0n) is 20.0. The van der Waals surface area contributed by atoms with Gasteiger partial charge in [0, 0.05) is 20.8 Å². The number of hydrogen-bond acceptors (Lipinski definition) is 10. The molecular formula is C24H29N3O8. The predicted octanol–water partition coefficient (Wildman–Crippen LogP) is 2.06. The third-order valence-electron chi connectivity index (χ3n) is 5.85. The van der Waals surface area contributed by atoms with E-state index < -0.39 is 42.4 Å². The Morgan fingerprint density at radius 1 is 0.971 bits per heavy atom. The van der Waals surface area contributed by atoms with E-state index in [0.717, 1.165) is 18.6 Å². The molecule has 0 amide bonds. The van der Waals surface area contributed by atoms with E-state index in [0.29, 0.717) is 5.69 Å². The van der Waals surface area contributed by atoms with E-state index in [2.05, 4.69) is 22.4 Å². The number of aromatic nitrogens is 3. The highest BCUT2D eigenvalue weighted by atomic mass is 16.6. The molecule has 1 aliphatic heterocycles. The first kappa shape index (κ1) is 24.6. The molecule has 2 aliphatic rings. The van der Waals surface area contributed by atoms with E-state index in [4.69, 9.17) is 23.7 Å². The number of ether oxygens (including phenoxy) is 5. The lowest BCUT2D eigenvalue weighted by Crippen LogP contribution is -2.55. The molecule has 11 heteroatoms. The third-order valence-corrected chi connectivity index (χ3v) is 5.85. The fourth-order valence-electron chi connectivity index (χ4n) is 4.41. The molecule has 4 unspecified atom stereocenters. The molecule has 11 nitrogen and oxygen atoms in total. The molecular weight excluding hydrogens is 458 g/mol. The number of hydrogen-bond donors (Lipinski definition) is 0. The van der Waals surface area contributed by atoms with Gasteiger partial charge in [0.1, 0.15) is 18.1 Å². The molecule has 188 valence electrons. The lowest BCUT2D eigenvalue weighted by atomic mass is 9.92. The van der Waals surface area contributed by atoms with Gasteiger partial charge in [0.05, 0.1) is 12.8 Å². The first-order valence-corrected chi connectivity index (χ1v) is 11.6. The van der Waals surface area contributed by atoms with Crippen molar-refractivity contribution < 1.29 is 38.1 Å². The van der Waals surface area contributed by atoms with Crippen LogP contribution in [0.2, 0.25) is 0 Å². The number of rotatable bonds is 7. The Labute approximate surface area is 202 Å². The standard InChI is InChI=1S/C24H29N3O8/c1-14(28)33-21-13-32-24(23(35-16(3)30)22(21)34-15(2)29)27-11-19(25-26-27)12-31-20-9-8-17-6-4-5-7-18(17)10-20/h8-11,21-24H,4-7,12-13H2,1-3H3. The van der Waals surface area contributed by atoms with E-state index in [1.54, 1.807) is 6.20 Å². The molecule has 0 saturated carbocycles. The first-order valence-electron chi connectivity index (χ1n) is 11.6. The number of fused-ring (bicyclic) bond motifs is 1. The van der Waals surface area contributed by atoms with Crippen molar-refractivity contribution in [1.82, 2.24) is 15.0 Å². The molecule has 0 bridgehead atoms. The van der Waals surface area contributed by atoms with Crippen LogP contribution in [-0.2, 0) is 52.8 Å². The number of esters is 3. The average molecular weight is 488 g/mol. The van der Waals surface area contributed by atoms with Gasteiger partial charge in [-0.05, 0) is 48.9 Å². The maximum absolute atomic E-state index is 11.8. The monoisotopic (exact) mass is 487 g/mol. The molecule has 1 aromatic heterocycles. The maximum Gasteiger partial charge on any atom is 0.303 e. The highest BCUT2D eigenvalue weighted by Gasteiger charge is 2.48. The minimum absolute atomic E-state index is 0.0965. The van der Waals surface area contributed by atoms with Gasteiger partial charge in [0.15, 0.2) is 24.5 Å². The molecule has 0 spiro atoms. The van der Waals surface area contributed by atoms with Crippen molar-refractivity contribution in [3.63, 3.8) is 0 Å². The Kier molecular flexibility index (Phi) is 7.64. The maximum atomic E-state index is 11.8. The fourth-order valence-corrected chi connectivity index (χ4v) is 4.41. The van der Waals surface area contributed by atoms with Crippen LogP contribution in [0, 0.1) is 0 Å². The van der Waals surface area contributed by atoms with E-state index in [1.165, 1.54) is 49.4 Å². The second-order valence-corrected chi connectivity index (χ2v) is 8.64. The second kappa shape index (κ2) is 10.9. The van der Waals surface area contributed by atoms with Gasteiger partial charge < -0.3 is 23.7 Å². The van der Waals surface area contributed by atoms with Crippen LogP contribution in [0.4, 0.5) is 0 Å². The highest BCUT2D eigenvalue weighted by Crippen LogP contribution is 2.31. The van der Waals surface area contributed by atoms with E-state index in [9.17, 15) is 14.4 Å². The molecule has 1 aromatic carbocycles. The molecule has 1 fully saturated rings. The van der Waals surface area contributed by atoms with Gasteiger partial charge in [0.25, 0.3) is 0 Å². The number of carbonyl (C=O) groups excluding carboxylic acids is 3. The quantitative estimate of drug-likeness (QED) is 0.423. The minimum Gasteiger partial charge on any atom is -0.487 e. The van der Waals surface area contributed by atoms with Gasteiger partial charge >= 0.3 is 17.9 Å². The summed E-state index contributed by atoms with van der Waals surface area (Å²) in [7, 11) is 0. The Morgan fingerprint density at radius 2 is 1.66 bits per heavy atom. The number of benzene rings is 1. The second-order valence-electron chi connectivity index (χ2n) is 8.64. The average Bonchev–Trinajstić information content (AvgIpc) is 3.27. The van der Waals surface area contributed by atoms with Gasteiger partial charge in [-0.25, -0.2) is 4.68 Å². The van der Waals surface area contributed by atoms with Crippen molar-refractivity contribution >= 4 is 17.9 Å². The van der Waals surface area contributed by atoms with E-state index >= 15 is 0 Å². The van der Waals surface area contributed by atoms with Crippen molar-refractivity contribution in [2.75, 3.05) is 6.61 Å². The Morgan fingerprint density at radius 3 is 2.37 bits per heavy atom. The molecule has 0 N–H and O–H groups in total. The fraction of sp³-hybridized carbons (Fsp3) is 0.542. The molecule has 1 aliphatic carbocycles. The summed E-state index contributed by atoms with van der Waals surface area (Å²) < 4.78 is 29.1. The topological polar surface area (TPSA) is 128 Å². The number of carbonyl (C=O) groups is 3. The lowest BCUT2D eigenvalue weighted by Gasteiger charge is -2.40. The number of aryl methyl sites for hydroxylation is 2. The van der Waals surface area contributed by atoms with Gasteiger partial charge in [-0.1, -0.05) is 11.3 Å². The van der Waals surface area contributed by atoms with E-state index in [-0.39, 0.29) is 13.2 Å². The third kappa shape index (κ3) is 6.16. The van der Waals surface area contributed by atoms with Crippen molar-refractivity contribution in [3.05, 3.63) is 41.2 Å². The van der Waals surface area contributed by atoms with Crippen LogP contribution in [-0.4, -0.2) is 57.8 Å². The Balaban J connectivity index is 1.49. The molecule has 2 heterocycles. The summed E-state index contributed by atoms with van der Waals surface area (Å²) in [5.74, 6) is -1.08. The summed E-state index contributed by atoms with van der Waals surface area (Å²) in [4.78, 5) is 35.1. The predicted molar refractivity (Wildman–Crippen MR) is 119 cm³/mol. The van der Waals surface area contributed by atoms with Gasteiger partial charge in [-0.15, -0.1) is 5.10 Å². The van der Waals surface area contributed by atoms with Crippen LogP contribution >= 0.6 is 0 Å². The van der Waals surface area contributed by atoms with Gasteiger partial charge in [0.2, 0.25) is 0 Å². The van der Waals surface area contributed by atoms with Crippen molar-refractivity contribution in [2.45, 2.75) is 77.6 Å². The molecule has 2 aromatic rings. The summed E-state index contributed by atoms with van der Waals surface area (Å²) in [6.45, 7) is 3.74. The zero-order chi connectivity index (χ0) is 24.9. The first-order chi connectivity index (χ1) is 16.8. The summed E-state index contributed by atoms with van der Waals surface area (Å²) >= 11 is 0. The van der Waals surface area contributed by atoms with Crippen LogP contribution in [0.5, 0.6) is 5.75 Å². The van der Waals surface area contributed by atoms with Gasteiger partial charge in [-0.3, -0.25) is 14.4 Å². The molecule has 0 radical (unpaired) electrons. The summed E-state index contributed by atoms with van der Waals surface area (Å²) in [6.07, 6.45) is 2.04.